The van der Waals surface area contributed by atoms with Crippen molar-refractivity contribution in [3.63, 3.8) is 0 Å². The topological polar surface area (TPSA) is 23.6 Å². The van der Waals surface area contributed by atoms with E-state index in [1.807, 2.05) is 49.5 Å². The summed E-state index contributed by atoms with van der Waals surface area (Å²) in [5.74, 6) is -0.0757. The standard InChI is InChI=1S/C17H14Cl2N2O/c1-20(2)10-13-12-5-3-4-6-16(12)21(17(13)22)11-7-8-14(18)15(19)9-11/h3-10H,1-2H3/b13-10-. The number of benzene rings is 2. The molecule has 2 aromatic rings. The van der Waals surface area contributed by atoms with Crippen molar-refractivity contribution in [2.75, 3.05) is 19.0 Å². The number of hydrogen-bond donors (Lipinski definition) is 0. The summed E-state index contributed by atoms with van der Waals surface area (Å²) >= 11 is 12.1. The summed E-state index contributed by atoms with van der Waals surface area (Å²) in [4.78, 5) is 16.4. The average Bonchev–Trinajstić information content (AvgIpc) is 2.75. The third-order valence-corrected chi connectivity index (χ3v) is 4.16. The van der Waals surface area contributed by atoms with Crippen molar-refractivity contribution >= 4 is 46.1 Å². The molecule has 22 heavy (non-hydrogen) atoms. The van der Waals surface area contributed by atoms with Crippen LogP contribution in [0.3, 0.4) is 0 Å². The normalized spacial score (nSPS) is 15.4. The molecule has 0 saturated carbocycles. The van der Waals surface area contributed by atoms with E-state index in [9.17, 15) is 4.79 Å². The Morgan fingerprint density at radius 2 is 1.77 bits per heavy atom. The Labute approximate surface area is 139 Å². The lowest BCUT2D eigenvalue weighted by Gasteiger charge is -2.17. The molecule has 0 unspecified atom stereocenters. The lowest BCUT2D eigenvalue weighted by Crippen LogP contribution is -2.21. The van der Waals surface area contributed by atoms with Crippen LogP contribution in [0, 0.1) is 0 Å². The molecule has 0 radical (unpaired) electrons. The second-order valence-electron chi connectivity index (χ2n) is 5.26. The highest BCUT2D eigenvalue weighted by Gasteiger charge is 2.33. The van der Waals surface area contributed by atoms with Gasteiger partial charge < -0.3 is 4.90 Å². The third kappa shape index (κ3) is 2.47. The summed E-state index contributed by atoms with van der Waals surface area (Å²) in [7, 11) is 3.79. The van der Waals surface area contributed by atoms with Crippen LogP contribution in [0.2, 0.25) is 10.0 Å². The van der Waals surface area contributed by atoms with Crippen molar-refractivity contribution in [1.82, 2.24) is 4.90 Å². The van der Waals surface area contributed by atoms with E-state index in [0.717, 1.165) is 11.3 Å². The number of rotatable bonds is 2. The summed E-state index contributed by atoms with van der Waals surface area (Å²) in [6.45, 7) is 0. The fourth-order valence-electron chi connectivity index (χ4n) is 2.50. The fourth-order valence-corrected chi connectivity index (χ4v) is 2.80. The molecule has 1 amide bonds. The third-order valence-electron chi connectivity index (χ3n) is 3.42. The van der Waals surface area contributed by atoms with Crippen LogP contribution in [0.1, 0.15) is 5.56 Å². The molecule has 1 aliphatic rings. The highest BCUT2D eigenvalue weighted by molar-refractivity contribution is 6.42. The quantitative estimate of drug-likeness (QED) is 0.752. The van der Waals surface area contributed by atoms with E-state index in [1.54, 1.807) is 23.1 Å². The minimum absolute atomic E-state index is 0.0757. The summed E-state index contributed by atoms with van der Waals surface area (Å²) in [5, 5.41) is 0.892. The zero-order valence-electron chi connectivity index (χ0n) is 12.2. The fraction of sp³-hybridized carbons (Fsp3) is 0.118. The van der Waals surface area contributed by atoms with Crippen LogP contribution in [0.5, 0.6) is 0 Å². The molecule has 1 aliphatic heterocycles. The predicted octanol–water partition coefficient (Wildman–Crippen LogP) is 4.57. The molecule has 5 heteroatoms. The largest absolute Gasteiger partial charge is 0.383 e. The molecule has 0 saturated heterocycles. The first-order chi connectivity index (χ1) is 10.5. The Morgan fingerprint density at radius 1 is 1.05 bits per heavy atom. The molecule has 0 bridgehead atoms. The van der Waals surface area contributed by atoms with Gasteiger partial charge >= 0.3 is 0 Å². The smallest absolute Gasteiger partial charge is 0.265 e. The molecule has 3 rings (SSSR count). The molecule has 0 aliphatic carbocycles. The van der Waals surface area contributed by atoms with E-state index < -0.39 is 0 Å². The molecule has 0 aromatic heterocycles. The van der Waals surface area contributed by atoms with Crippen LogP contribution in [0.15, 0.2) is 48.7 Å². The van der Waals surface area contributed by atoms with Gasteiger partial charge in [0.05, 0.1) is 27.0 Å². The second kappa shape index (κ2) is 5.67. The van der Waals surface area contributed by atoms with Crippen molar-refractivity contribution in [3.8, 4) is 0 Å². The van der Waals surface area contributed by atoms with Crippen LogP contribution >= 0.6 is 23.2 Å². The minimum Gasteiger partial charge on any atom is -0.383 e. The van der Waals surface area contributed by atoms with Gasteiger partial charge in [0.25, 0.3) is 5.91 Å². The Morgan fingerprint density at radius 3 is 2.45 bits per heavy atom. The zero-order chi connectivity index (χ0) is 15.9. The van der Waals surface area contributed by atoms with Gasteiger partial charge in [-0.3, -0.25) is 9.69 Å². The second-order valence-corrected chi connectivity index (χ2v) is 6.08. The van der Waals surface area contributed by atoms with E-state index in [2.05, 4.69) is 0 Å². The Hall–Kier alpha value is -1.97. The van der Waals surface area contributed by atoms with Gasteiger partial charge in [0.15, 0.2) is 0 Å². The van der Waals surface area contributed by atoms with Gasteiger partial charge in [0, 0.05) is 25.9 Å². The highest BCUT2D eigenvalue weighted by Crippen LogP contribution is 2.42. The average molecular weight is 333 g/mol. The summed E-state index contributed by atoms with van der Waals surface area (Å²) in [6.07, 6.45) is 1.83. The van der Waals surface area contributed by atoms with Crippen LogP contribution < -0.4 is 4.90 Å². The number of para-hydroxylation sites is 1. The van der Waals surface area contributed by atoms with E-state index in [0.29, 0.717) is 21.3 Å². The van der Waals surface area contributed by atoms with Gasteiger partial charge in [0.1, 0.15) is 0 Å². The maximum atomic E-state index is 12.8. The van der Waals surface area contributed by atoms with Gasteiger partial charge in [-0.05, 0) is 24.3 Å². The molecule has 0 fully saturated rings. The number of nitrogens with zero attached hydrogens (tertiary/aromatic N) is 2. The van der Waals surface area contributed by atoms with E-state index in [1.165, 1.54) is 0 Å². The predicted molar refractivity (Wildman–Crippen MR) is 91.7 cm³/mol. The Kier molecular flexibility index (Phi) is 3.85. The number of anilines is 2. The molecule has 2 aromatic carbocycles. The number of carbonyl (C=O) groups is 1. The van der Waals surface area contributed by atoms with Crippen molar-refractivity contribution in [1.29, 1.82) is 0 Å². The molecule has 0 atom stereocenters. The van der Waals surface area contributed by atoms with Crippen LogP contribution in [-0.2, 0) is 4.79 Å². The van der Waals surface area contributed by atoms with E-state index in [-0.39, 0.29) is 5.91 Å². The zero-order valence-corrected chi connectivity index (χ0v) is 13.7. The molecule has 0 spiro atoms. The SMILES string of the molecule is CN(C)/C=C1\C(=O)N(c2ccc(Cl)c(Cl)c2)c2ccccc21. The number of amides is 1. The molecule has 112 valence electrons. The van der Waals surface area contributed by atoms with Crippen molar-refractivity contribution in [2.45, 2.75) is 0 Å². The number of halogens is 2. The first-order valence-corrected chi connectivity index (χ1v) is 7.52. The number of fused-ring (bicyclic) bond motifs is 1. The van der Waals surface area contributed by atoms with E-state index >= 15 is 0 Å². The van der Waals surface area contributed by atoms with Crippen molar-refractivity contribution < 1.29 is 4.79 Å². The number of carbonyl (C=O) groups excluding carboxylic acids is 1. The van der Waals surface area contributed by atoms with Gasteiger partial charge in [-0.2, -0.15) is 0 Å². The molecular weight excluding hydrogens is 319 g/mol. The summed E-state index contributed by atoms with van der Waals surface area (Å²) in [6, 6.07) is 12.9. The molecule has 0 N–H and O–H groups in total. The Balaban J connectivity index is 2.17. The van der Waals surface area contributed by atoms with Crippen molar-refractivity contribution in [2.24, 2.45) is 0 Å². The summed E-state index contributed by atoms with van der Waals surface area (Å²) < 4.78 is 0. The van der Waals surface area contributed by atoms with Crippen molar-refractivity contribution in [3.05, 3.63) is 64.3 Å². The molecule has 1 heterocycles. The van der Waals surface area contributed by atoms with Gasteiger partial charge in [-0.25, -0.2) is 0 Å². The monoisotopic (exact) mass is 332 g/mol. The maximum absolute atomic E-state index is 12.8. The molecule has 3 nitrogen and oxygen atoms in total. The van der Waals surface area contributed by atoms with Crippen LogP contribution in [0.25, 0.3) is 5.57 Å². The lowest BCUT2D eigenvalue weighted by atomic mass is 10.1. The first-order valence-electron chi connectivity index (χ1n) is 6.76. The van der Waals surface area contributed by atoms with Gasteiger partial charge in [-0.15, -0.1) is 0 Å². The van der Waals surface area contributed by atoms with Crippen LogP contribution in [0.4, 0.5) is 11.4 Å². The van der Waals surface area contributed by atoms with Gasteiger partial charge in [-0.1, -0.05) is 41.4 Å². The van der Waals surface area contributed by atoms with Gasteiger partial charge in [0.2, 0.25) is 0 Å². The Bertz CT molecular complexity index is 784. The first kappa shape index (κ1) is 14.9. The number of hydrogen-bond acceptors (Lipinski definition) is 2. The maximum Gasteiger partial charge on any atom is 0.265 e. The molecular formula is C17H14Cl2N2O. The lowest BCUT2D eigenvalue weighted by molar-refractivity contribution is -0.112. The van der Waals surface area contributed by atoms with Crippen LogP contribution in [-0.4, -0.2) is 24.9 Å². The minimum atomic E-state index is -0.0757. The summed E-state index contributed by atoms with van der Waals surface area (Å²) in [5.41, 5.74) is 3.12. The highest BCUT2D eigenvalue weighted by atomic mass is 35.5. The van der Waals surface area contributed by atoms with E-state index in [4.69, 9.17) is 23.2 Å².